The van der Waals surface area contributed by atoms with E-state index in [0.717, 1.165) is 18.4 Å². The van der Waals surface area contributed by atoms with Crippen molar-refractivity contribution in [2.24, 2.45) is 5.92 Å². The van der Waals surface area contributed by atoms with Crippen molar-refractivity contribution in [1.29, 1.82) is 5.26 Å². The van der Waals surface area contributed by atoms with Gasteiger partial charge < -0.3 is 5.32 Å². The van der Waals surface area contributed by atoms with Crippen LogP contribution in [0.1, 0.15) is 44.6 Å². The molecule has 3 heteroatoms. The Hall–Kier alpha value is -1.82. The zero-order chi connectivity index (χ0) is 14.1. The van der Waals surface area contributed by atoms with Gasteiger partial charge in [-0.3, -0.25) is 4.79 Å². The summed E-state index contributed by atoms with van der Waals surface area (Å²) < 4.78 is 0. The van der Waals surface area contributed by atoms with Crippen molar-refractivity contribution < 1.29 is 4.79 Å². The van der Waals surface area contributed by atoms with Gasteiger partial charge in [0.05, 0.1) is 6.07 Å². The second kappa shape index (κ2) is 8.31. The third kappa shape index (κ3) is 5.56. The summed E-state index contributed by atoms with van der Waals surface area (Å²) in [7, 11) is 0. The van der Waals surface area contributed by atoms with E-state index in [4.69, 9.17) is 5.26 Å². The maximum absolute atomic E-state index is 11.9. The molecule has 3 nitrogen and oxygen atoms in total. The number of hydrogen-bond donors (Lipinski definition) is 1. The third-order valence-electron chi connectivity index (χ3n) is 3.03. The number of nitriles is 1. The molecule has 0 aliphatic heterocycles. The Labute approximate surface area is 115 Å². The second-order valence-corrected chi connectivity index (χ2v) is 5.15. The summed E-state index contributed by atoms with van der Waals surface area (Å²) in [6, 6.07) is 11.3. The molecule has 0 aromatic heterocycles. The molecule has 0 radical (unpaired) electrons. The summed E-state index contributed by atoms with van der Waals surface area (Å²) in [5, 5.41) is 12.0. The predicted octanol–water partition coefficient (Wildman–Crippen LogP) is 3.24. The highest BCUT2D eigenvalue weighted by Gasteiger charge is 2.18. The van der Waals surface area contributed by atoms with Crippen LogP contribution >= 0.6 is 0 Å². The molecule has 0 aliphatic rings. The van der Waals surface area contributed by atoms with Gasteiger partial charge in [-0.05, 0) is 17.9 Å². The standard InChI is InChI=1S/C16H22N2O/c1-13(2)8-6-7-11-18-16(19)15(12-17)14-9-4-3-5-10-14/h3-5,9-10,13,15H,6-8,11H2,1-2H3,(H,18,19). The van der Waals surface area contributed by atoms with Crippen LogP contribution in [-0.2, 0) is 4.79 Å². The maximum Gasteiger partial charge on any atom is 0.241 e. The summed E-state index contributed by atoms with van der Waals surface area (Å²) in [4.78, 5) is 11.9. The van der Waals surface area contributed by atoms with Crippen molar-refractivity contribution in [1.82, 2.24) is 5.32 Å². The Morgan fingerprint density at radius 2 is 1.95 bits per heavy atom. The first-order chi connectivity index (χ1) is 9.15. The Balaban J connectivity index is 2.38. The average Bonchev–Trinajstić information content (AvgIpc) is 2.40. The maximum atomic E-state index is 11.9. The fraction of sp³-hybridized carbons (Fsp3) is 0.500. The molecule has 0 saturated carbocycles. The highest BCUT2D eigenvalue weighted by molar-refractivity contribution is 5.86. The van der Waals surface area contributed by atoms with Gasteiger partial charge in [0.2, 0.25) is 5.91 Å². The average molecular weight is 258 g/mol. The van der Waals surface area contributed by atoms with E-state index in [0.29, 0.717) is 12.5 Å². The van der Waals surface area contributed by atoms with Crippen LogP contribution in [0.4, 0.5) is 0 Å². The van der Waals surface area contributed by atoms with Crippen molar-refractivity contribution in [3.05, 3.63) is 35.9 Å². The molecule has 0 bridgehead atoms. The van der Waals surface area contributed by atoms with Crippen LogP contribution < -0.4 is 5.32 Å². The fourth-order valence-corrected chi connectivity index (χ4v) is 1.92. The van der Waals surface area contributed by atoms with Crippen molar-refractivity contribution in [3.63, 3.8) is 0 Å². The highest BCUT2D eigenvalue weighted by Crippen LogP contribution is 2.14. The lowest BCUT2D eigenvalue weighted by atomic mass is 10.00. The molecule has 0 spiro atoms. The molecule has 102 valence electrons. The van der Waals surface area contributed by atoms with Crippen LogP contribution in [0.15, 0.2) is 30.3 Å². The van der Waals surface area contributed by atoms with Gasteiger partial charge in [0.1, 0.15) is 5.92 Å². The molecule has 19 heavy (non-hydrogen) atoms. The lowest BCUT2D eigenvalue weighted by molar-refractivity contribution is -0.121. The molecule has 0 saturated heterocycles. The lowest BCUT2D eigenvalue weighted by Gasteiger charge is -2.10. The van der Waals surface area contributed by atoms with Crippen molar-refractivity contribution in [2.75, 3.05) is 6.54 Å². The van der Waals surface area contributed by atoms with Crippen LogP contribution in [0.25, 0.3) is 0 Å². The molecular weight excluding hydrogens is 236 g/mol. The summed E-state index contributed by atoms with van der Waals surface area (Å²) in [5.41, 5.74) is 0.754. The van der Waals surface area contributed by atoms with Gasteiger partial charge in [0.15, 0.2) is 0 Å². The topological polar surface area (TPSA) is 52.9 Å². The molecule has 1 atom stereocenters. The van der Waals surface area contributed by atoms with E-state index < -0.39 is 5.92 Å². The van der Waals surface area contributed by atoms with Gasteiger partial charge in [-0.15, -0.1) is 0 Å². The van der Waals surface area contributed by atoms with E-state index in [-0.39, 0.29) is 5.91 Å². The van der Waals surface area contributed by atoms with E-state index in [1.54, 1.807) is 0 Å². The number of benzene rings is 1. The number of nitrogens with one attached hydrogen (secondary N) is 1. The normalized spacial score (nSPS) is 11.9. The first-order valence-corrected chi connectivity index (χ1v) is 6.87. The number of carbonyl (C=O) groups excluding carboxylic acids is 1. The first kappa shape index (κ1) is 15.2. The number of carbonyl (C=O) groups is 1. The van der Waals surface area contributed by atoms with Crippen molar-refractivity contribution in [2.45, 2.75) is 39.0 Å². The second-order valence-electron chi connectivity index (χ2n) is 5.15. The van der Waals surface area contributed by atoms with E-state index >= 15 is 0 Å². The summed E-state index contributed by atoms with van der Waals surface area (Å²) in [5.74, 6) is -0.198. The Bertz CT molecular complexity index is 420. The Morgan fingerprint density at radius 1 is 1.26 bits per heavy atom. The van der Waals surface area contributed by atoms with Crippen LogP contribution in [0.2, 0.25) is 0 Å². The van der Waals surface area contributed by atoms with Gasteiger partial charge in [-0.2, -0.15) is 5.26 Å². The van der Waals surface area contributed by atoms with Gasteiger partial charge in [-0.1, -0.05) is 57.0 Å². The summed E-state index contributed by atoms with van der Waals surface area (Å²) >= 11 is 0. The summed E-state index contributed by atoms with van der Waals surface area (Å²) in [6.07, 6.45) is 3.26. The van der Waals surface area contributed by atoms with Crippen LogP contribution in [-0.4, -0.2) is 12.5 Å². The smallest absolute Gasteiger partial charge is 0.241 e. The Kier molecular flexibility index (Phi) is 6.67. The molecule has 0 aliphatic carbocycles. The minimum absolute atomic E-state index is 0.196. The number of hydrogen-bond acceptors (Lipinski definition) is 2. The zero-order valence-corrected chi connectivity index (χ0v) is 11.7. The molecule has 1 N–H and O–H groups in total. The number of unbranched alkanes of at least 4 members (excludes halogenated alkanes) is 1. The van der Waals surface area contributed by atoms with Crippen LogP contribution in [0.5, 0.6) is 0 Å². The minimum atomic E-state index is -0.703. The number of nitrogens with zero attached hydrogens (tertiary/aromatic N) is 1. The van der Waals surface area contributed by atoms with Crippen LogP contribution in [0, 0.1) is 17.2 Å². The van der Waals surface area contributed by atoms with E-state index in [1.807, 2.05) is 30.3 Å². The Morgan fingerprint density at radius 3 is 2.53 bits per heavy atom. The largest absolute Gasteiger partial charge is 0.355 e. The monoisotopic (exact) mass is 258 g/mol. The molecule has 1 rings (SSSR count). The number of rotatable bonds is 7. The van der Waals surface area contributed by atoms with Crippen LogP contribution in [0.3, 0.4) is 0 Å². The molecule has 1 unspecified atom stereocenters. The number of amides is 1. The fourth-order valence-electron chi connectivity index (χ4n) is 1.92. The zero-order valence-electron chi connectivity index (χ0n) is 11.7. The van der Waals surface area contributed by atoms with Crippen molar-refractivity contribution in [3.8, 4) is 6.07 Å². The minimum Gasteiger partial charge on any atom is -0.355 e. The lowest BCUT2D eigenvalue weighted by Crippen LogP contribution is -2.29. The third-order valence-corrected chi connectivity index (χ3v) is 3.03. The van der Waals surface area contributed by atoms with Crippen molar-refractivity contribution >= 4 is 5.91 Å². The first-order valence-electron chi connectivity index (χ1n) is 6.87. The molecule has 1 amide bonds. The molecule has 1 aromatic carbocycles. The molecule has 0 heterocycles. The van der Waals surface area contributed by atoms with Gasteiger partial charge in [-0.25, -0.2) is 0 Å². The van der Waals surface area contributed by atoms with E-state index in [9.17, 15) is 4.79 Å². The highest BCUT2D eigenvalue weighted by atomic mass is 16.1. The quantitative estimate of drug-likeness (QED) is 0.763. The SMILES string of the molecule is CC(C)CCCCNC(=O)C(C#N)c1ccccc1. The van der Waals surface area contributed by atoms with E-state index in [1.165, 1.54) is 6.42 Å². The van der Waals surface area contributed by atoms with E-state index in [2.05, 4.69) is 25.2 Å². The molecular formula is C16H22N2O. The predicted molar refractivity (Wildman–Crippen MR) is 76.5 cm³/mol. The summed E-state index contributed by atoms with van der Waals surface area (Å²) in [6.45, 7) is 5.04. The molecule has 1 aromatic rings. The molecule has 0 fully saturated rings. The van der Waals surface area contributed by atoms with Gasteiger partial charge >= 0.3 is 0 Å². The van der Waals surface area contributed by atoms with Gasteiger partial charge in [0, 0.05) is 6.54 Å². The van der Waals surface area contributed by atoms with Gasteiger partial charge in [0.25, 0.3) is 0 Å².